The summed E-state index contributed by atoms with van der Waals surface area (Å²) in [4.78, 5) is 30.2. The number of piperazine rings is 1. The van der Waals surface area contributed by atoms with Crippen LogP contribution in [0.2, 0.25) is 0 Å². The third-order valence-electron chi connectivity index (χ3n) is 3.96. The molecule has 1 N–H and O–H groups in total. The maximum absolute atomic E-state index is 12.3. The van der Waals surface area contributed by atoms with Gasteiger partial charge in [0.2, 0.25) is 11.5 Å². The molecule has 0 spiro atoms. The molecule has 1 saturated heterocycles. The summed E-state index contributed by atoms with van der Waals surface area (Å²) >= 11 is 0. The van der Waals surface area contributed by atoms with E-state index in [1.165, 1.54) is 6.07 Å². The highest BCUT2D eigenvalue weighted by Crippen LogP contribution is 2.14. The van der Waals surface area contributed by atoms with E-state index >= 15 is 0 Å². The molecule has 0 saturated carbocycles. The van der Waals surface area contributed by atoms with Crippen molar-refractivity contribution in [2.75, 3.05) is 31.1 Å². The van der Waals surface area contributed by atoms with Gasteiger partial charge in [-0.15, -0.1) is 0 Å². The van der Waals surface area contributed by atoms with Crippen LogP contribution in [0.4, 0.5) is 5.69 Å². The van der Waals surface area contributed by atoms with E-state index in [9.17, 15) is 9.59 Å². The van der Waals surface area contributed by atoms with Gasteiger partial charge in [-0.05, 0) is 11.6 Å². The summed E-state index contributed by atoms with van der Waals surface area (Å²) in [6.07, 6.45) is 2.18. The highest BCUT2D eigenvalue weighted by molar-refractivity contribution is 5.79. The number of nitrogens with one attached hydrogen (secondary N) is 1. The first-order valence-corrected chi connectivity index (χ1v) is 7.48. The third-order valence-corrected chi connectivity index (χ3v) is 3.96. The van der Waals surface area contributed by atoms with E-state index < -0.39 is 0 Å². The number of pyridine rings is 1. The monoisotopic (exact) mass is 297 g/mol. The molecule has 1 fully saturated rings. The summed E-state index contributed by atoms with van der Waals surface area (Å²) in [6, 6.07) is 13.2. The Morgan fingerprint density at radius 1 is 1.00 bits per heavy atom. The quantitative estimate of drug-likeness (QED) is 0.928. The van der Waals surface area contributed by atoms with Gasteiger partial charge in [0, 0.05) is 38.4 Å². The number of amides is 1. The Morgan fingerprint density at radius 3 is 2.36 bits per heavy atom. The lowest BCUT2D eigenvalue weighted by Gasteiger charge is -2.36. The molecule has 2 heterocycles. The smallest absolute Gasteiger partial charge is 0.248 e. The molecule has 0 bridgehead atoms. The predicted octanol–water partition coefficient (Wildman–Crippen LogP) is 1.27. The van der Waals surface area contributed by atoms with Crippen LogP contribution in [0.25, 0.3) is 0 Å². The minimum absolute atomic E-state index is 0.0968. The molecule has 3 rings (SSSR count). The lowest BCUT2D eigenvalue weighted by molar-refractivity contribution is -0.130. The zero-order valence-corrected chi connectivity index (χ0v) is 12.4. The van der Waals surface area contributed by atoms with Gasteiger partial charge in [-0.1, -0.05) is 30.3 Å². The Labute approximate surface area is 129 Å². The molecule has 1 amide bonds. The average Bonchev–Trinajstić information content (AvgIpc) is 2.57. The summed E-state index contributed by atoms with van der Waals surface area (Å²) in [7, 11) is 0. The van der Waals surface area contributed by atoms with Crippen molar-refractivity contribution in [2.45, 2.75) is 6.42 Å². The van der Waals surface area contributed by atoms with Crippen LogP contribution < -0.4 is 10.5 Å². The van der Waals surface area contributed by atoms with Crippen molar-refractivity contribution in [1.82, 2.24) is 9.88 Å². The normalized spacial score (nSPS) is 14.9. The van der Waals surface area contributed by atoms with E-state index in [1.54, 1.807) is 6.20 Å². The molecule has 1 aliphatic heterocycles. The maximum atomic E-state index is 12.3. The molecule has 22 heavy (non-hydrogen) atoms. The third kappa shape index (κ3) is 3.36. The summed E-state index contributed by atoms with van der Waals surface area (Å²) in [6.45, 7) is 2.99. The van der Waals surface area contributed by atoms with Gasteiger partial charge in [0.05, 0.1) is 12.1 Å². The Kier molecular flexibility index (Phi) is 4.23. The van der Waals surface area contributed by atoms with Gasteiger partial charge in [-0.25, -0.2) is 0 Å². The molecule has 0 aliphatic carbocycles. The largest absolute Gasteiger partial charge is 0.367 e. The molecular formula is C17H19N3O2. The molecule has 0 atom stereocenters. The predicted molar refractivity (Wildman–Crippen MR) is 86.0 cm³/mol. The van der Waals surface area contributed by atoms with E-state index in [2.05, 4.69) is 9.88 Å². The summed E-state index contributed by atoms with van der Waals surface area (Å²) in [5, 5.41) is 0. The van der Waals surface area contributed by atoms with Gasteiger partial charge in [-0.3, -0.25) is 9.59 Å². The lowest BCUT2D eigenvalue weighted by Crippen LogP contribution is -2.49. The number of H-pyrrole nitrogens is 1. The number of hydrogen-bond acceptors (Lipinski definition) is 3. The molecule has 0 unspecified atom stereocenters. The molecule has 5 nitrogen and oxygen atoms in total. The first kappa shape index (κ1) is 14.4. The second-order valence-corrected chi connectivity index (χ2v) is 5.44. The fourth-order valence-electron chi connectivity index (χ4n) is 2.70. The molecule has 5 heteroatoms. The van der Waals surface area contributed by atoms with Crippen LogP contribution in [0.5, 0.6) is 0 Å². The fraction of sp³-hybridized carbons (Fsp3) is 0.294. The van der Waals surface area contributed by atoms with Gasteiger partial charge in [-0.2, -0.15) is 0 Å². The number of carbonyl (C=O) groups excluding carboxylic acids is 1. The maximum Gasteiger partial charge on any atom is 0.248 e. The van der Waals surface area contributed by atoms with Crippen molar-refractivity contribution < 1.29 is 4.79 Å². The zero-order valence-electron chi connectivity index (χ0n) is 12.4. The number of anilines is 1. The minimum atomic E-state index is -0.0968. The molecule has 1 aliphatic rings. The van der Waals surface area contributed by atoms with Crippen LogP contribution in [-0.4, -0.2) is 42.0 Å². The highest BCUT2D eigenvalue weighted by Gasteiger charge is 2.21. The van der Waals surface area contributed by atoms with E-state index in [4.69, 9.17) is 0 Å². The minimum Gasteiger partial charge on any atom is -0.367 e. The van der Waals surface area contributed by atoms with Gasteiger partial charge < -0.3 is 14.8 Å². The standard InChI is InChI=1S/C17H19N3O2/c21-16-7-6-15(13-18-16)19-8-10-20(11-9-19)17(22)12-14-4-2-1-3-5-14/h1-7,13H,8-12H2,(H,18,21). The summed E-state index contributed by atoms with van der Waals surface area (Å²) in [5.74, 6) is 0.173. The number of benzene rings is 1. The molecule has 0 radical (unpaired) electrons. The van der Waals surface area contributed by atoms with Crippen molar-refractivity contribution >= 4 is 11.6 Å². The Balaban J connectivity index is 1.56. The average molecular weight is 297 g/mol. The molecular weight excluding hydrogens is 278 g/mol. The number of hydrogen-bond donors (Lipinski definition) is 1. The van der Waals surface area contributed by atoms with E-state index in [0.29, 0.717) is 19.5 Å². The number of aromatic amines is 1. The van der Waals surface area contributed by atoms with Gasteiger partial charge in [0.1, 0.15) is 0 Å². The molecule has 2 aromatic rings. The van der Waals surface area contributed by atoms with Crippen molar-refractivity contribution in [3.05, 3.63) is 64.6 Å². The molecule has 1 aromatic carbocycles. The Hall–Kier alpha value is -2.56. The van der Waals surface area contributed by atoms with E-state index in [1.807, 2.05) is 41.3 Å². The molecule has 114 valence electrons. The van der Waals surface area contributed by atoms with Crippen LogP contribution in [0, 0.1) is 0 Å². The first-order valence-electron chi connectivity index (χ1n) is 7.48. The van der Waals surface area contributed by atoms with Crippen LogP contribution >= 0.6 is 0 Å². The van der Waals surface area contributed by atoms with Crippen LogP contribution in [0.3, 0.4) is 0 Å². The SMILES string of the molecule is O=C(Cc1ccccc1)N1CCN(c2ccc(=O)[nH]c2)CC1. The topological polar surface area (TPSA) is 56.4 Å². The van der Waals surface area contributed by atoms with Gasteiger partial charge >= 0.3 is 0 Å². The summed E-state index contributed by atoms with van der Waals surface area (Å²) < 4.78 is 0. The lowest BCUT2D eigenvalue weighted by atomic mass is 10.1. The van der Waals surface area contributed by atoms with Crippen molar-refractivity contribution in [3.63, 3.8) is 0 Å². The van der Waals surface area contributed by atoms with E-state index in [-0.39, 0.29) is 11.5 Å². The number of nitrogens with zero attached hydrogens (tertiary/aromatic N) is 2. The Morgan fingerprint density at radius 2 is 1.73 bits per heavy atom. The molecule has 1 aromatic heterocycles. The second kappa shape index (κ2) is 6.47. The van der Waals surface area contributed by atoms with Crippen LogP contribution in [0.1, 0.15) is 5.56 Å². The second-order valence-electron chi connectivity index (χ2n) is 5.44. The first-order chi connectivity index (χ1) is 10.7. The zero-order chi connectivity index (χ0) is 15.4. The van der Waals surface area contributed by atoms with Crippen LogP contribution in [-0.2, 0) is 11.2 Å². The Bertz CT molecular complexity index is 668. The van der Waals surface area contributed by atoms with Crippen molar-refractivity contribution in [2.24, 2.45) is 0 Å². The van der Waals surface area contributed by atoms with Crippen molar-refractivity contribution in [3.8, 4) is 0 Å². The van der Waals surface area contributed by atoms with E-state index in [0.717, 1.165) is 24.3 Å². The fourth-order valence-corrected chi connectivity index (χ4v) is 2.70. The highest BCUT2D eigenvalue weighted by atomic mass is 16.2. The van der Waals surface area contributed by atoms with Crippen LogP contribution in [0.15, 0.2) is 53.5 Å². The number of rotatable bonds is 3. The summed E-state index contributed by atoms with van der Waals surface area (Å²) in [5.41, 5.74) is 1.95. The number of carbonyl (C=O) groups is 1. The van der Waals surface area contributed by atoms with Crippen molar-refractivity contribution in [1.29, 1.82) is 0 Å². The van der Waals surface area contributed by atoms with Gasteiger partial charge in [0.25, 0.3) is 0 Å². The number of aromatic nitrogens is 1. The van der Waals surface area contributed by atoms with Gasteiger partial charge in [0.15, 0.2) is 0 Å².